The first kappa shape index (κ1) is 15.6. The van der Waals surface area contributed by atoms with Gasteiger partial charge in [0, 0.05) is 19.1 Å². The molecule has 0 atom stereocenters. The standard InChI is InChI=1S/C16H24N2O3/c1-17-11-4-6-12(7-5-11)18(2)16(20)14-10-13(21-3)8-9-15(14)19/h8-12,17,19H,4-7H2,1-3H3. The molecular weight excluding hydrogens is 268 g/mol. The lowest BCUT2D eigenvalue weighted by Crippen LogP contribution is -2.42. The van der Waals surface area contributed by atoms with Crippen LogP contribution < -0.4 is 10.1 Å². The Morgan fingerprint density at radius 3 is 2.57 bits per heavy atom. The molecule has 1 saturated carbocycles. The molecule has 0 aliphatic heterocycles. The molecule has 2 rings (SSSR count). The maximum Gasteiger partial charge on any atom is 0.257 e. The van der Waals surface area contributed by atoms with Crippen LogP contribution in [0, 0.1) is 0 Å². The van der Waals surface area contributed by atoms with Crippen molar-refractivity contribution in [2.75, 3.05) is 21.2 Å². The summed E-state index contributed by atoms with van der Waals surface area (Å²) in [6.45, 7) is 0. The summed E-state index contributed by atoms with van der Waals surface area (Å²) in [6, 6.07) is 5.51. The molecular formula is C16H24N2O3. The number of nitrogens with zero attached hydrogens (tertiary/aromatic N) is 1. The zero-order valence-corrected chi connectivity index (χ0v) is 12.9. The van der Waals surface area contributed by atoms with Crippen molar-refractivity contribution in [1.82, 2.24) is 10.2 Å². The van der Waals surface area contributed by atoms with Crippen molar-refractivity contribution in [2.24, 2.45) is 0 Å². The fraction of sp³-hybridized carbons (Fsp3) is 0.562. The van der Waals surface area contributed by atoms with Crippen molar-refractivity contribution in [3.63, 3.8) is 0 Å². The van der Waals surface area contributed by atoms with Gasteiger partial charge >= 0.3 is 0 Å². The summed E-state index contributed by atoms with van der Waals surface area (Å²) >= 11 is 0. The first-order valence-electron chi connectivity index (χ1n) is 7.38. The van der Waals surface area contributed by atoms with Gasteiger partial charge in [0.15, 0.2) is 0 Å². The molecule has 1 aromatic rings. The van der Waals surface area contributed by atoms with E-state index in [1.165, 1.54) is 6.07 Å². The lowest BCUT2D eigenvalue weighted by Gasteiger charge is -2.34. The van der Waals surface area contributed by atoms with Gasteiger partial charge in [0.1, 0.15) is 11.5 Å². The van der Waals surface area contributed by atoms with E-state index in [1.54, 1.807) is 24.1 Å². The van der Waals surface area contributed by atoms with E-state index in [1.807, 2.05) is 14.1 Å². The number of hydrogen-bond donors (Lipinski definition) is 2. The molecule has 1 fully saturated rings. The number of nitrogens with one attached hydrogen (secondary N) is 1. The lowest BCUT2D eigenvalue weighted by atomic mass is 9.90. The van der Waals surface area contributed by atoms with Crippen LogP contribution in [0.15, 0.2) is 18.2 Å². The van der Waals surface area contributed by atoms with Crippen molar-refractivity contribution >= 4 is 5.91 Å². The Labute approximate surface area is 125 Å². The fourth-order valence-electron chi connectivity index (χ4n) is 2.92. The molecule has 1 aliphatic carbocycles. The molecule has 1 aliphatic rings. The van der Waals surface area contributed by atoms with Gasteiger partial charge in [-0.25, -0.2) is 0 Å². The monoisotopic (exact) mass is 292 g/mol. The highest BCUT2D eigenvalue weighted by Gasteiger charge is 2.27. The van der Waals surface area contributed by atoms with E-state index in [0.29, 0.717) is 17.4 Å². The summed E-state index contributed by atoms with van der Waals surface area (Å²) in [5.74, 6) is 0.416. The zero-order valence-electron chi connectivity index (χ0n) is 12.9. The number of ether oxygens (including phenoxy) is 1. The van der Waals surface area contributed by atoms with Crippen LogP contribution in [-0.4, -0.2) is 49.2 Å². The van der Waals surface area contributed by atoms with Gasteiger partial charge in [-0.2, -0.15) is 0 Å². The lowest BCUT2D eigenvalue weighted by molar-refractivity contribution is 0.0682. The maximum absolute atomic E-state index is 12.6. The molecule has 5 heteroatoms. The predicted octanol–water partition coefficient (Wildman–Crippen LogP) is 2.00. The number of phenols is 1. The van der Waals surface area contributed by atoms with E-state index in [4.69, 9.17) is 4.74 Å². The van der Waals surface area contributed by atoms with Gasteiger partial charge in [-0.3, -0.25) is 4.79 Å². The Morgan fingerprint density at radius 1 is 1.33 bits per heavy atom. The van der Waals surface area contributed by atoms with Gasteiger partial charge in [-0.05, 0) is 50.9 Å². The zero-order chi connectivity index (χ0) is 15.4. The summed E-state index contributed by atoms with van der Waals surface area (Å²) in [5, 5.41) is 13.2. The van der Waals surface area contributed by atoms with Gasteiger partial charge in [0.2, 0.25) is 0 Å². The highest BCUT2D eigenvalue weighted by molar-refractivity contribution is 5.97. The van der Waals surface area contributed by atoms with Gasteiger partial charge in [-0.1, -0.05) is 0 Å². The van der Waals surface area contributed by atoms with Crippen LogP contribution in [0.1, 0.15) is 36.0 Å². The molecule has 0 radical (unpaired) electrons. The number of aromatic hydroxyl groups is 1. The number of carbonyl (C=O) groups is 1. The number of hydrogen-bond acceptors (Lipinski definition) is 4. The summed E-state index contributed by atoms with van der Waals surface area (Å²) in [5.41, 5.74) is 0.299. The number of methoxy groups -OCH3 is 1. The van der Waals surface area contributed by atoms with Crippen molar-refractivity contribution in [3.05, 3.63) is 23.8 Å². The summed E-state index contributed by atoms with van der Waals surface area (Å²) in [7, 11) is 5.34. The number of phenolic OH excluding ortho intramolecular Hbond substituents is 1. The van der Waals surface area contributed by atoms with Crippen molar-refractivity contribution in [3.8, 4) is 11.5 Å². The maximum atomic E-state index is 12.6. The van der Waals surface area contributed by atoms with Crippen LogP contribution in [0.2, 0.25) is 0 Å². The van der Waals surface area contributed by atoms with Crippen LogP contribution in [0.25, 0.3) is 0 Å². The van der Waals surface area contributed by atoms with E-state index < -0.39 is 0 Å². The Hall–Kier alpha value is -1.75. The topological polar surface area (TPSA) is 61.8 Å². The highest BCUT2D eigenvalue weighted by atomic mass is 16.5. The minimum absolute atomic E-state index is 0.00318. The third kappa shape index (κ3) is 3.47. The van der Waals surface area contributed by atoms with Crippen LogP contribution in [0.3, 0.4) is 0 Å². The molecule has 21 heavy (non-hydrogen) atoms. The highest BCUT2D eigenvalue weighted by Crippen LogP contribution is 2.27. The van der Waals surface area contributed by atoms with Gasteiger partial charge < -0.3 is 20.1 Å². The molecule has 1 amide bonds. The Bertz CT molecular complexity index is 496. The third-order valence-electron chi connectivity index (χ3n) is 4.41. The Kier molecular flexibility index (Phi) is 5.07. The Balaban J connectivity index is 2.09. The minimum Gasteiger partial charge on any atom is -0.507 e. The number of rotatable bonds is 4. The van der Waals surface area contributed by atoms with Gasteiger partial charge in [-0.15, -0.1) is 0 Å². The largest absolute Gasteiger partial charge is 0.507 e. The van der Waals surface area contributed by atoms with E-state index in [9.17, 15) is 9.90 Å². The third-order valence-corrected chi connectivity index (χ3v) is 4.41. The second-order valence-corrected chi connectivity index (χ2v) is 5.59. The number of carbonyl (C=O) groups excluding carboxylic acids is 1. The predicted molar refractivity (Wildman–Crippen MR) is 81.9 cm³/mol. The molecule has 1 aromatic carbocycles. The van der Waals surface area contributed by atoms with Crippen molar-refractivity contribution in [2.45, 2.75) is 37.8 Å². The molecule has 0 unspecified atom stereocenters. The second-order valence-electron chi connectivity index (χ2n) is 5.59. The molecule has 0 aromatic heterocycles. The van der Waals surface area contributed by atoms with Gasteiger partial charge in [0.05, 0.1) is 12.7 Å². The average Bonchev–Trinajstić information content (AvgIpc) is 2.54. The first-order valence-corrected chi connectivity index (χ1v) is 7.38. The minimum atomic E-state index is -0.153. The van der Waals surface area contributed by atoms with E-state index in [-0.39, 0.29) is 17.7 Å². The molecule has 0 spiro atoms. The normalized spacial score (nSPS) is 21.9. The SMILES string of the molecule is CNC1CCC(N(C)C(=O)c2cc(OC)ccc2O)CC1. The fourth-order valence-corrected chi connectivity index (χ4v) is 2.92. The molecule has 0 bridgehead atoms. The number of amides is 1. The quantitative estimate of drug-likeness (QED) is 0.891. The van der Waals surface area contributed by atoms with E-state index >= 15 is 0 Å². The summed E-state index contributed by atoms with van der Waals surface area (Å²) in [6.07, 6.45) is 4.11. The average molecular weight is 292 g/mol. The first-order chi connectivity index (χ1) is 10.1. The van der Waals surface area contributed by atoms with Gasteiger partial charge in [0.25, 0.3) is 5.91 Å². The second kappa shape index (κ2) is 6.80. The Morgan fingerprint density at radius 2 is 2.00 bits per heavy atom. The van der Waals surface area contributed by atoms with Crippen LogP contribution >= 0.6 is 0 Å². The summed E-state index contributed by atoms with van der Waals surface area (Å²) < 4.78 is 5.12. The molecule has 116 valence electrons. The van der Waals surface area contributed by atoms with Crippen LogP contribution in [-0.2, 0) is 0 Å². The molecule has 0 heterocycles. The van der Waals surface area contributed by atoms with Crippen molar-refractivity contribution < 1.29 is 14.6 Å². The molecule has 0 saturated heterocycles. The van der Waals surface area contributed by atoms with E-state index in [2.05, 4.69) is 5.32 Å². The van der Waals surface area contributed by atoms with Crippen molar-refractivity contribution in [1.29, 1.82) is 0 Å². The van der Waals surface area contributed by atoms with Crippen LogP contribution in [0.4, 0.5) is 0 Å². The molecule has 5 nitrogen and oxygen atoms in total. The smallest absolute Gasteiger partial charge is 0.257 e. The van der Waals surface area contributed by atoms with Crippen LogP contribution in [0.5, 0.6) is 11.5 Å². The number of benzene rings is 1. The summed E-state index contributed by atoms with van der Waals surface area (Å²) in [4.78, 5) is 14.3. The molecule has 2 N–H and O–H groups in total. The van der Waals surface area contributed by atoms with E-state index in [0.717, 1.165) is 25.7 Å².